The first-order valence-electron chi connectivity index (χ1n) is 9.47. The summed E-state index contributed by atoms with van der Waals surface area (Å²) in [5.74, 6) is -0.309. The van der Waals surface area contributed by atoms with Crippen molar-refractivity contribution < 1.29 is 4.79 Å². The van der Waals surface area contributed by atoms with E-state index in [0.717, 1.165) is 24.1 Å². The molecule has 2 aromatic rings. The molecule has 0 radical (unpaired) electrons. The van der Waals surface area contributed by atoms with Crippen molar-refractivity contribution in [3.63, 3.8) is 0 Å². The average molecular weight is 449 g/mol. The van der Waals surface area contributed by atoms with Gasteiger partial charge in [-0.25, -0.2) is 5.43 Å². The Morgan fingerprint density at radius 3 is 2.45 bits per heavy atom. The Labute approximate surface area is 185 Å². The molecule has 1 aliphatic carbocycles. The van der Waals surface area contributed by atoms with Crippen molar-refractivity contribution in [2.24, 2.45) is 5.10 Å². The Morgan fingerprint density at radius 1 is 1.03 bits per heavy atom. The lowest BCUT2D eigenvalue weighted by molar-refractivity contribution is 0.0955. The van der Waals surface area contributed by atoms with Crippen molar-refractivity contribution in [3.05, 3.63) is 63.6 Å². The van der Waals surface area contributed by atoms with Gasteiger partial charge < -0.3 is 10.6 Å². The lowest BCUT2D eigenvalue weighted by atomic mass is 9.96. The van der Waals surface area contributed by atoms with Crippen LogP contribution in [0.25, 0.3) is 0 Å². The average Bonchev–Trinajstić information content (AvgIpc) is 2.72. The molecule has 1 amide bonds. The molecule has 0 aliphatic heterocycles. The van der Waals surface area contributed by atoms with E-state index in [2.05, 4.69) is 21.2 Å². The van der Waals surface area contributed by atoms with Crippen LogP contribution < -0.4 is 16.1 Å². The predicted molar refractivity (Wildman–Crippen MR) is 124 cm³/mol. The van der Waals surface area contributed by atoms with Crippen molar-refractivity contribution in [1.82, 2.24) is 10.7 Å². The number of carbonyl (C=O) groups excluding carboxylic acids is 1. The number of halogens is 2. The molecule has 0 spiro atoms. The maximum Gasteiger partial charge on any atom is 0.271 e. The third-order valence-corrected chi connectivity index (χ3v) is 5.63. The van der Waals surface area contributed by atoms with Crippen LogP contribution in [-0.4, -0.2) is 23.3 Å². The number of hydrogen-bond acceptors (Lipinski definition) is 3. The molecule has 152 valence electrons. The number of nitrogens with zero attached hydrogens (tertiary/aromatic N) is 1. The normalized spacial score (nSPS) is 14.6. The van der Waals surface area contributed by atoms with Crippen LogP contribution >= 0.6 is 35.4 Å². The first-order chi connectivity index (χ1) is 14.0. The lowest BCUT2D eigenvalue weighted by Gasteiger charge is -2.24. The summed E-state index contributed by atoms with van der Waals surface area (Å²) in [5, 5.41) is 12.0. The number of hydrazone groups is 1. The van der Waals surface area contributed by atoms with E-state index < -0.39 is 0 Å². The minimum atomic E-state index is -0.309. The van der Waals surface area contributed by atoms with Gasteiger partial charge >= 0.3 is 0 Å². The number of hydrogen-bond donors (Lipinski definition) is 3. The minimum Gasteiger partial charge on any atom is -0.360 e. The third kappa shape index (κ3) is 6.70. The maximum absolute atomic E-state index is 12.2. The van der Waals surface area contributed by atoms with Crippen LogP contribution in [0.2, 0.25) is 10.0 Å². The van der Waals surface area contributed by atoms with Crippen LogP contribution in [-0.2, 0) is 0 Å². The third-order valence-electron chi connectivity index (χ3n) is 4.67. The molecule has 5 nitrogen and oxygen atoms in total. The Kier molecular flexibility index (Phi) is 7.86. The van der Waals surface area contributed by atoms with Gasteiger partial charge in [0.05, 0.1) is 16.3 Å². The largest absolute Gasteiger partial charge is 0.360 e. The Hall–Kier alpha value is -2.15. The highest BCUT2D eigenvalue weighted by atomic mass is 35.5. The van der Waals surface area contributed by atoms with Gasteiger partial charge in [-0.1, -0.05) is 48.5 Å². The second-order valence-electron chi connectivity index (χ2n) is 6.88. The van der Waals surface area contributed by atoms with Crippen molar-refractivity contribution >= 4 is 58.3 Å². The molecule has 1 aliphatic rings. The zero-order valence-corrected chi connectivity index (χ0v) is 18.1. The summed E-state index contributed by atoms with van der Waals surface area (Å²) in [7, 11) is 0. The number of amides is 1. The summed E-state index contributed by atoms with van der Waals surface area (Å²) in [6, 6.07) is 12.6. The monoisotopic (exact) mass is 448 g/mol. The van der Waals surface area contributed by atoms with Crippen molar-refractivity contribution in [3.8, 4) is 0 Å². The molecule has 0 unspecified atom stereocenters. The smallest absolute Gasteiger partial charge is 0.271 e. The van der Waals surface area contributed by atoms with Crippen molar-refractivity contribution in [1.29, 1.82) is 0 Å². The second kappa shape index (κ2) is 10.6. The molecule has 1 fully saturated rings. The second-order valence-corrected chi connectivity index (χ2v) is 8.11. The van der Waals surface area contributed by atoms with Crippen LogP contribution in [0.5, 0.6) is 0 Å². The van der Waals surface area contributed by atoms with E-state index in [9.17, 15) is 4.79 Å². The standard InChI is InChI=1S/C21H22Cl2N4OS/c22-18-11-6-14(12-19(18)23)13-24-27-20(28)15-7-9-17(10-8-15)26-21(29)25-16-4-2-1-3-5-16/h6-13,16H,1-5H2,(H,27,28)(H2,25,26,29)/b24-13+. The minimum absolute atomic E-state index is 0.309. The molecular formula is C21H22Cl2N4OS. The number of thiocarbonyl (C=S) groups is 1. The first-order valence-corrected chi connectivity index (χ1v) is 10.6. The number of benzene rings is 2. The number of anilines is 1. The van der Waals surface area contributed by atoms with E-state index in [1.54, 1.807) is 30.3 Å². The van der Waals surface area contributed by atoms with Gasteiger partial charge in [0.25, 0.3) is 5.91 Å². The highest BCUT2D eigenvalue weighted by molar-refractivity contribution is 7.80. The van der Waals surface area contributed by atoms with Crippen LogP contribution in [0, 0.1) is 0 Å². The predicted octanol–water partition coefficient (Wildman–Crippen LogP) is 5.38. The number of nitrogens with one attached hydrogen (secondary N) is 3. The van der Waals surface area contributed by atoms with Gasteiger partial charge in [0.2, 0.25) is 0 Å². The van der Waals surface area contributed by atoms with Gasteiger partial charge in [-0.15, -0.1) is 0 Å². The number of carbonyl (C=O) groups is 1. The molecule has 29 heavy (non-hydrogen) atoms. The maximum atomic E-state index is 12.2. The molecule has 0 aromatic heterocycles. The fourth-order valence-electron chi connectivity index (χ4n) is 3.13. The molecule has 0 saturated heterocycles. The summed E-state index contributed by atoms with van der Waals surface area (Å²) >= 11 is 17.2. The molecule has 8 heteroatoms. The van der Waals surface area contributed by atoms with E-state index in [-0.39, 0.29) is 5.91 Å². The quantitative estimate of drug-likeness (QED) is 0.326. The molecule has 3 N–H and O–H groups in total. The highest BCUT2D eigenvalue weighted by Crippen LogP contribution is 2.21. The summed E-state index contributed by atoms with van der Waals surface area (Å²) in [5.41, 5.74) is 4.55. The molecule has 2 aromatic carbocycles. The molecular weight excluding hydrogens is 427 g/mol. The molecule has 0 heterocycles. The zero-order valence-electron chi connectivity index (χ0n) is 15.8. The van der Waals surface area contributed by atoms with Gasteiger partial charge in [-0.3, -0.25) is 4.79 Å². The van der Waals surface area contributed by atoms with Crippen molar-refractivity contribution in [2.45, 2.75) is 38.1 Å². The van der Waals surface area contributed by atoms with Gasteiger partial charge in [0.15, 0.2) is 5.11 Å². The van der Waals surface area contributed by atoms with Gasteiger partial charge in [-0.05, 0) is 67.0 Å². The van der Waals surface area contributed by atoms with E-state index in [4.69, 9.17) is 35.4 Å². The highest BCUT2D eigenvalue weighted by Gasteiger charge is 2.14. The first kappa shape index (κ1) is 21.6. The van der Waals surface area contributed by atoms with E-state index >= 15 is 0 Å². The van der Waals surface area contributed by atoms with E-state index in [1.807, 2.05) is 12.1 Å². The zero-order chi connectivity index (χ0) is 20.6. The molecule has 0 atom stereocenters. The molecule has 3 rings (SSSR count). The summed E-state index contributed by atoms with van der Waals surface area (Å²) < 4.78 is 0. The van der Waals surface area contributed by atoms with E-state index in [0.29, 0.717) is 26.8 Å². The summed E-state index contributed by atoms with van der Waals surface area (Å²) in [6.45, 7) is 0. The Balaban J connectivity index is 1.49. The van der Waals surface area contributed by atoms with Gasteiger partial charge in [-0.2, -0.15) is 5.10 Å². The lowest BCUT2D eigenvalue weighted by Crippen LogP contribution is -2.38. The fourth-order valence-corrected chi connectivity index (χ4v) is 3.72. The van der Waals surface area contributed by atoms with Crippen LogP contribution in [0.1, 0.15) is 48.0 Å². The van der Waals surface area contributed by atoms with E-state index in [1.165, 1.54) is 25.5 Å². The van der Waals surface area contributed by atoms with Crippen molar-refractivity contribution in [2.75, 3.05) is 5.32 Å². The van der Waals surface area contributed by atoms with Gasteiger partial charge in [0, 0.05) is 17.3 Å². The summed E-state index contributed by atoms with van der Waals surface area (Å²) in [6.07, 6.45) is 7.62. The fraction of sp³-hybridized carbons (Fsp3) is 0.286. The topological polar surface area (TPSA) is 65.5 Å². The molecule has 0 bridgehead atoms. The Bertz CT molecular complexity index is 896. The van der Waals surface area contributed by atoms with Crippen LogP contribution in [0.15, 0.2) is 47.6 Å². The van der Waals surface area contributed by atoms with Gasteiger partial charge in [0.1, 0.15) is 0 Å². The summed E-state index contributed by atoms with van der Waals surface area (Å²) in [4.78, 5) is 12.2. The van der Waals surface area contributed by atoms with Crippen LogP contribution in [0.4, 0.5) is 5.69 Å². The SMILES string of the molecule is O=C(N/N=C/c1ccc(Cl)c(Cl)c1)c1ccc(NC(=S)NC2CCCCC2)cc1. The molecule has 1 saturated carbocycles. The number of rotatable bonds is 5. The van der Waals surface area contributed by atoms with Crippen LogP contribution in [0.3, 0.4) is 0 Å². The Morgan fingerprint density at radius 2 is 1.76 bits per heavy atom.